The van der Waals surface area contributed by atoms with Crippen molar-refractivity contribution in [2.45, 2.75) is 6.54 Å². The summed E-state index contributed by atoms with van der Waals surface area (Å²) >= 11 is 6.65. The van der Waals surface area contributed by atoms with Gasteiger partial charge in [-0.3, -0.25) is 14.6 Å². The lowest BCUT2D eigenvalue weighted by molar-refractivity contribution is 0.0984. The molecule has 0 unspecified atom stereocenters. The molecule has 1 aliphatic heterocycles. The monoisotopic (exact) mass is 530 g/mol. The number of aromatic nitrogens is 1. The normalized spacial score (nSPS) is 12.0. The van der Waals surface area contributed by atoms with Crippen molar-refractivity contribution in [1.82, 2.24) is 4.98 Å². The summed E-state index contributed by atoms with van der Waals surface area (Å²) in [6, 6.07) is 31.6. The van der Waals surface area contributed by atoms with Gasteiger partial charge in [0.25, 0.3) is 11.8 Å². The Morgan fingerprint density at radius 3 is 2.41 bits per heavy atom. The third kappa shape index (κ3) is 4.85. The van der Waals surface area contributed by atoms with Gasteiger partial charge in [0.05, 0.1) is 28.5 Å². The number of nitrogens with one attached hydrogen (secondary N) is 2. The Morgan fingerprint density at radius 1 is 0.821 bits per heavy atom. The molecule has 1 aliphatic rings. The molecule has 39 heavy (non-hydrogen) atoms. The van der Waals surface area contributed by atoms with Gasteiger partial charge in [-0.2, -0.15) is 0 Å². The Bertz CT molecular complexity index is 1700. The van der Waals surface area contributed by atoms with Crippen molar-refractivity contribution < 1.29 is 9.59 Å². The quantitative estimate of drug-likeness (QED) is 0.251. The van der Waals surface area contributed by atoms with Crippen LogP contribution in [0.25, 0.3) is 11.1 Å². The molecule has 0 fully saturated rings. The number of fused-ring (bicyclic) bond motifs is 2. The van der Waals surface area contributed by atoms with Crippen LogP contribution in [0, 0.1) is 0 Å². The zero-order valence-corrected chi connectivity index (χ0v) is 21.5. The van der Waals surface area contributed by atoms with Crippen molar-refractivity contribution in [1.29, 1.82) is 0 Å². The molecule has 0 spiro atoms. The highest BCUT2D eigenvalue weighted by Crippen LogP contribution is 2.37. The molecule has 190 valence electrons. The van der Waals surface area contributed by atoms with Crippen LogP contribution in [0.5, 0.6) is 0 Å². The largest absolute Gasteiger partial charge is 0.354 e. The maximum Gasteiger partial charge on any atom is 0.260 e. The number of carbonyl (C=O) groups excluding carboxylic acids is 2. The number of para-hydroxylation sites is 3. The minimum absolute atomic E-state index is 0.231. The van der Waals surface area contributed by atoms with E-state index in [4.69, 9.17) is 11.6 Å². The van der Waals surface area contributed by atoms with E-state index in [0.29, 0.717) is 23.4 Å². The van der Waals surface area contributed by atoms with E-state index < -0.39 is 0 Å². The van der Waals surface area contributed by atoms with E-state index >= 15 is 0 Å². The van der Waals surface area contributed by atoms with E-state index in [9.17, 15) is 9.59 Å². The van der Waals surface area contributed by atoms with Gasteiger partial charge in [0.1, 0.15) is 0 Å². The lowest BCUT2D eigenvalue weighted by Crippen LogP contribution is -2.30. The van der Waals surface area contributed by atoms with Crippen molar-refractivity contribution in [2.24, 2.45) is 0 Å². The first kappa shape index (κ1) is 24.4. The molecular weight excluding hydrogens is 508 g/mol. The van der Waals surface area contributed by atoms with E-state index in [1.165, 1.54) is 0 Å². The van der Waals surface area contributed by atoms with Crippen molar-refractivity contribution in [3.63, 3.8) is 0 Å². The highest BCUT2D eigenvalue weighted by Gasteiger charge is 2.26. The molecule has 0 atom stereocenters. The zero-order chi connectivity index (χ0) is 26.8. The summed E-state index contributed by atoms with van der Waals surface area (Å²) in [5, 5.41) is 6.60. The second-order valence-electron chi connectivity index (χ2n) is 9.13. The lowest BCUT2D eigenvalue weighted by atomic mass is 10.0. The number of anilines is 4. The molecule has 2 heterocycles. The SMILES string of the molecule is O=C(Nc1ccc(C(=O)N2Cc3ccccc3Nc3ccccc32)c(Cl)c1)c1ccccc1-c1cccnc1. The molecule has 2 amide bonds. The van der Waals surface area contributed by atoms with Crippen molar-refractivity contribution in [3.8, 4) is 11.1 Å². The Balaban J connectivity index is 1.28. The van der Waals surface area contributed by atoms with E-state index in [2.05, 4.69) is 15.6 Å². The second-order valence-corrected chi connectivity index (χ2v) is 9.53. The van der Waals surface area contributed by atoms with Crippen LogP contribution in [0.3, 0.4) is 0 Å². The summed E-state index contributed by atoms with van der Waals surface area (Å²) in [7, 11) is 0. The van der Waals surface area contributed by atoms with Crippen molar-refractivity contribution in [3.05, 3.63) is 137 Å². The molecular formula is C32H23ClN4O2. The molecule has 6 nitrogen and oxygen atoms in total. The number of hydrogen-bond acceptors (Lipinski definition) is 4. The van der Waals surface area contributed by atoms with Gasteiger partial charge in [-0.1, -0.05) is 66.2 Å². The molecule has 0 saturated heterocycles. The number of amides is 2. The van der Waals surface area contributed by atoms with E-state index in [-0.39, 0.29) is 16.8 Å². The zero-order valence-electron chi connectivity index (χ0n) is 20.8. The van der Waals surface area contributed by atoms with Crippen LogP contribution in [0.4, 0.5) is 22.7 Å². The first-order chi connectivity index (χ1) is 19.1. The molecule has 5 aromatic rings. The molecule has 0 radical (unpaired) electrons. The van der Waals surface area contributed by atoms with Gasteiger partial charge in [-0.15, -0.1) is 0 Å². The number of hydrogen-bond donors (Lipinski definition) is 2. The number of benzene rings is 4. The minimum atomic E-state index is -0.284. The van der Waals surface area contributed by atoms with Gasteiger partial charge < -0.3 is 15.5 Å². The van der Waals surface area contributed by atoms with Crippen molar-refractivity contribution >= 4 is 46.2 Å². The average molecular weight is 531 g/mol. The number of halogens is 1. The maximum absolute atomic E-state index is 13.8. The van der Waals surface area contributed by atoms with Gasteiger partial charge in [0.15, 0.2) is 0 Å². The van der Waals surface area contributed by atoms with Crippen LogP contribution in [0.1, 0.15) is 26.3 Å². The van der Waals surface area contributed by atoms with Crippen LogP contribution in [-0.2, 0) is 6.54 Å². The van der Waals surface area contributed by atoms with Gasteiger partial charge in [-0.05, 0) is 59.7 Å². The third-order valence-corrected chi connectivity index (χ3v) is 6.97. The predicted molar refractivity (Wildman–Crippen MR) is 156 cm³/mol. The fourth-order valence-electron chi connectivity index (χ4n) is 4.74. The summed E-state index contributed by atoms with van der Waals surface area (Å²) in [5.41, 5.74) is 6.51. The molecule has 4 aromatic carbocycles. The van der Waals surface area contributed by atoms with Crippen LogP contribution < -0.4 is 15.5 Å². The summed E-state index contributed by atoms with van der Waals surface area (Å²) < 4.78 is 0. The Kier molecular flexibility index (Phi) is 6.53. The number of nitrogens with zero attached hydrogens (tertiary/aromatic N) is 2. The topological polar surface area (TPSA) is 74.3 Å². The summed E-state index contributed by atoms with van der Waals surface area (Å²) in [6.45, 7) is 0.388. The van der Waals surface area contributed by atoms with E-state index in [1.807, 2.05) is 78.9 Å². The Morgan fingerprint density at radius 2 is 1.59 bits per heavy atom. The molecule has 0 aliphatic carbocycles. The summed E-state index contributed by atoms with van der Waals surface area (Å²) in [6.07, 6.45) is 3.41. The summed E-state index contributed by atoms with van der Waals surface area (Å²) in [5.74, 6) is -0.514. The van der Waals surface area contributed by atoms with Gasteiger partial charge in [-0.25, -0.2) is 0 Å². The lowest BCUT2D eigenvalue weighted by Gasteiger charge is -2.23. The van der Waals surface area contributed by atoms with Gasteiger partial charge in [0, 0.05) is 34.9 Å². The Hall–Kier alpha value is -4.94. The fraction of sp³-hybridized carbons (Fsp3) is 0.0312. The highest BCUT2D eigenvalue weighted by molar-refractivity contribution is 6.35. The number of rotatable bonds is 4. The molecule has 0 saturated carbocycles. The minimum Gasteiger partial charge on any atom is -0.354 e. The third-order valence-electron chi connectivity index (χ3n) is 6.66. The first-order valence-electron chi connectivity index (χ1n) is 12.4. The van der Waals surface area contributed by atoms with Crippen molar-refractivity contribution in [2.75, 3.05) is 15.5 Å². The molecule has 0 bridgehead atoms. The molecule has 7 heteroatoms. The maximum atomic E-state index is 13.8. The second kappa shape index (κ2) is 10.4. The average Bonchev–Trinajstić information content (AvgIpc) is 3.14. The van der Waals surface area contributed by atoms with E-state index in [0.717, 1.165) is 33.8 Å². The fourth-order valence-corrected chi connectivity index (χ4v) is 5.00. The van der Waals surface area contributed by atoms with Crippen LogP contribution in [-0.4, -0.2) is 16.8 Å². The highest BCUT2D eigenvalue weighted by atomic mass is 35.5. The van der Waals surface area contributed by atoms with E-state index in [1.54, 1.807) is 41.6 Å². The predicted octanol–water partition coefficient (Wildman–Crippen LogP) is 7.56. The van der Waals surface area contributed by atoms with Crippen LogP contribution in [0.2, 0.25) is 5.02 Å². The van der Waals surface area contributed by atoms with Gasteiger partial charge >= 0.3 is 0 Å². The smallest absolute Gasteiger partial charge is 0.260 e. The standard InChI is InChI=1S/C32H23ClN4O2/c33-27-18-23(35-31(38)25-11-3-2-10-24(25)21-9-7-17-34-19-21)15-16-26(27)32(39)37-20-22-8-1-4-12-28(22)36-29-13-5-6-14-30(29)37/h1-19,36H,20H2,(H,35,38). The molecule has 2 N–H and O–H groups in total. The van der Waals surface area contributed by atoms with Crippen LogP contribution in [0.15, 0.2) is 116 Å². The first-order valence-corrected chi connectivity index (χ1v) is 12.8. The molecule has 6 rings (SSSR count). The number of pyridine rings is 1. The van der Waals surface area contributed by atoms with Crippen LogP contribution >= 0.6 is 11.6 Å². The number of carbonyl (C=O) groups is 2. The Labute approximate surface area is 230 Å². The van der Waals surface area contributed by atoms with Gasteiger partial charge in [0.2, 0.25) is 0 Å². The molecule has 1 aromatic heterocycles. The summed E-state index contributed by atoms with van der Waals surface area (Å²) in [4.78, 5) is 32.9.